The van der Waals surface area contributed by atoms with E-state index in [-0.39, 0.29) is 11.8 Å². The van der Waals surface area contributed by atoms with E-state index in [9.17, 15) is 9.59 Å². The molecular weight excluding hydrogens is 356 g/mol. The topological polar surface area (TPSA) is 79.1 Å². The molecule has 2 saturated heterocycles. The number of nitrogen functional groups attached to an aromatic ring is 1. The number of nitrogens with zero attached hydrogens (tertiary/aromatic N) is 3. The summed E-state index contributed by atoms with van der Waals surface area (Å²) in [5.41, 5.74) is 6.54. The van der Waals surface area contributed by atoms with Crippen LogP contribution in [0.3, 0.4) is 0 Å². The smallest absolute Gasteiger partial charge is 0.257 e. The molecule has 1 aromatic carbocycles. The Morgan fingerprint density at radius 1 is 1.08 bits per heavy atom. The number of amides is 2. The Labute approximate surface area is 158 Å². The summed E-state index contributed by atoms with van der Waals surface area (Å²) in [6, 6.07) is 3.11. The molecule has 26 heavy (non-hydrogen) atoms. The van der Waals surface area contributed by atoms with E-state index in [0.29, 0.717) is 54.7 Å². The highest BCUT2D eigenvalue weighted by Crippen LogP contribution is 2.30. The maximum atomic E-state index is 12.8. The zero-order valence-electron chi connectivity index (χ0n) is 15.0. The van der Waals surface area contributed by atoms with Gasteiger partial charge in [-0.2, -0.15) is 0 Å². The maximum absolute atomic E-state index is 12.8. The van der Waals surface area contributed by atoms with Crippen LogP contribution in [0.1, 0.15) is 23.2 Å². The fraction of sp³-hybridized carbons (Fsp3) is 0.556. The largest absolute Gasteiger partial charge is 0.496 e. The Kier molecular flexibility index (Phi) is 5.88. The fourth-order valence-electron chi connectivity index (χ4n) is 3.47. The Balaban J connectivity index is 1.60. The number of likely N-dealkylation sites (tertiary alicyclic amines) is 1. The molecule has 0 aliphatic carbocycles. The predicted octanol–water partition coefficient (Wildman–Crippen LogP) is 1.31. The van der Waals surface area contributed by atoms with Gasteiger partial charge in [-0.15, -0.1) is 0 Å². The summed E-state index contributed by atoms with van der Waals surface area (Å²) in [6.07, 6.45) is 2.34. The number of carbonyl (C=O) groups excluding carboxylic acids is 2. The van der Waals surface area contributed by atoms with Gasteiger partial charge in [-0.25, -0.2) is 0 Å². The number of piperazine rings is 1. The summed E-state index contributed by atoms with van der Waals surface area (Å²) >= 11 is 6.06. The zero-order valence-corrected chi connectivity index (χ0v) is 15.8. The lowest BCUT2D eigenvalue weighted by Gasteiger charge is -2.35. The zero-order chi connectivity index (χ0) is 18.7. The quantitative estimate of drug-likeness (QED) is 0.797. The van der Waals surface area contributed by atoms with Crippen LogP contribution >= 0.6 is 11.6 Å². The Bertz CT molecular complexity index is 683. The molecule has 8 heteroatoms. The minimum Gasteiger partial charge on any atom is -0.496 e. The summed E-state index contributed by atoms with van der Waals surface area (Å²) in [4.78, 5) is 31.0. The molecule has 7 nitrogen and oxygen atoms in total. The van der Waals surface area contributed by atoms with Crippen LogP contribution in [-0.2, 0) is 4.79 Å². The average molecular weight is 381 g/mol. The van der Waals surface area contributed by atoms with Crippen LogP contribution in [0.25, 0.3) is 0 Å². The van der Waals surface area contributed by atoms with Gasteiger partial charge in [0.2, 0.25) is 5.91 Å². The van der Waals surface area contributed by atoms with E-state index in [0.717, 1.165) is 13.1 Å². The van der Waals surface area contributed by atoms with Crippen LogP contribution in [0.5, 0.6) is 5.75 Å². The van der Waals surface area contributed by atoms with Crippen molar-refractivity contribution in [3.8, 4) is 5.75 Å². The van der Waals surface area contributed by atoms with Gasteiger partial charge in [0.05, 0.1) is 29.9 Å². The number of anilines is 1. The van der Waals surface area contributed by atoms with E-state index in [1.807, 2.05) is 4.90 Å². The Hall–Kier alpha value is -1.99. The normalized spacial score (nSPS) is 18.2. The second-order valence-electron chi connectivity index (χ2n) is 6.73. The monoisotopic (exact) mass is 380 g/mol. The summed E-state index contributed by atoms with van der Waals surface area (Å²) in [5.74, 6) is 0.395. The number of benzene rings is 1. The minimum absolute atomic E-state index is 0.145. The SMILES string of the molecule is COc1cc(N)c(Cl)cc1C(=O)N1CCN(C(=O)CN2CCCC2)CC1. The van der Waals surface area contributed by atoms with Crippen molar-refractivity contribution in [1.82, 2.24) is 14.7 Å². The molecule has 2 aliphatic rings. The number of hydrogen-bond donors (Lipinski definition) is 1. The van der Waals surface area contributed by atoms with Gasteiger partial charge < -0.3 is 20.3 Å². The molecule has 0 atom stereocenters. The molecule has 0 bridgehead atoms. The maximum Gasteiger partial charge on any atom is 0.257 e. The molecule has 0 unspecified atom stereocenters. The first-order chi connectivity index (χ1) is 12.5. The number of ether oxygens (including phenoxy) is 1. The van der Waals surface area contributed by atoms with E-state index in [2.05, 4.69) is 4.90 Å². The number of carbonyl (C=O) groups is 2. The van der Waals surface area contributed by atoms with Crippen molar-refractivity contribution in [3.63, 3.8) is 0 Å². The number of nitrogens with two attached hydrogens (primary N) is 1. The first-order valence-corrected chi connectivity index (χ1v) is 9.30. The molecule has 2 amide bonds. The third-order valence-corrected chi connectivity index (χ3v) is 5.35. The third kappa shape index (κ3) is 4.04. The highest BCUT2D eigenvalue weighted by Gasteiger charge is 2.28. The molecule has 3 rings (SSSR count). The van der Waals surface area contributed by atoms with E-state index in [1.54, 1.807) is 17.0 Å². The van der Waals surface area contributed by atoms with Crippen molar-refractivity contribution in [2.24, 2.45) is 0 Å². The van der Waals surface area contributed by atoms with Crippen LogP contribution in [0.2, 0.25) is 5.02 Å². The Morgan fingerprint density at radius 3 is 2.31 bits per heavy atom. The molecule has 2 aliphatic heterocycles. The fourth-order valence-corrected chi connectivity index (χ4v) is 3.63. The van der Waals surface area contributed by atoms with Gasteiger partial charge in [0, 0.05) is 32.2 Å². The van der Waals surface area contributed by atoms with Crippen LogP contribution in [0.15, 0.2) is 12.1 Å². The van der Waals surface area contributed by atoms with Crippen molar-refractivity contribution in [3.05, 3.63) is 22.7 Å². The lowest BCUT2D eigenvalue weighted by Crippen LogP contribution is -2.52. The van der Waals surface area contributed by atoms with Gasteiger partial charge in [0.15, 0.2) is 0 Å². The van der Waals surface area contributed by atoms with Crippen LogP contribution < -0.4 is 10.5 Å². The third-order valence-electron chi connectivity index (χ3n) is 5.03. The lowest BCUT2D eigenvalue weighted by molar-refractivity contribution is -0.133. The van der Waals surface area contributed by atoms with Gasteiger partial charge in [-0.1, -0.05) is 11.6 Å². The molecule has 0 saturated carbocycles. The molecule has 142 valence electrons. The van der Waals surface area contributed by atoms with Crippen molar-refractivity contribution >= 4 is 29.1 Å². The molecule has 0 spiro atoms. The number of hydrogen-bond acceptors (Lipinski definition) is 5. The van der Waals surface area contributed by atoms with Crippen LogP contribution in [0.4, 0.5) is 5.69 Å². The van der Waals surface area contributed by atoms with Crippen molar-refractivity contribution in [1.29, 1.82) is 0 Å². The van der Waals surface area contributed by atoms with Gasteiger partial charge in [0.1, 0.15) is 5.75 Å². The van der Waals surface area contributed by atoms with E-state index in [4.69, 9.17) is 22.1 Å². The molecule has 0 radical (unpaired) electrons. The molecular formula is C18H25ClN4O3. The molecule has 2 N–H and O–H groups in total. The Morgan fingerprint density at radius 2 is 1.69 bits per heavy atom. The summed E-state index contributed by atoms with van der Waals surface area (Å²) in [5, 5.41) is 0.327. The van der Waals surface area contributed by atoms with Crippen LogP contribution in [0, 0.1) is 0 Å². The van der Waals surface area contributed by atoms with E-state index < -0.39 is 0 Å². The van der Waals surface area contributed by atoms with Crippen LogP contribution in [-0.4, -0.2) is 79.4 Å². The highest BCUT2D eigenvalue weighted by molar-refractivity contribution is 6.33. The summed E-state index contributed by atoms with van der Waals surface area (Å²) < 4.78 is 5.27. The first-order valence-electron chi connectivity index (χ1n) is 8.92. The molecule has 0 aromatic heterocycles. The van der Waals surface area contributed by atoms with Gasteiger partial charge in [-0.3, -0.25) is 14.5 Å². The van der Waals surface area contributed by atoms with E-state index in [1.165, 1.54) is 20.0 Å². The van der Waals surface area contributed by atoms with Crippen molar-refractivity contribution < 1.29 is 14.3 Å². The lowest BCUT2D eigenvalue weighted by atomic mass is 10.1. The molecule has 1 aromatic rings. The van der Waals surface area contributed by atoms with Gasteiger partial charge >= 0.3 is 0 Å². The molecule has 2 heterocycles. The summed E-state index contributed by atoms with van der Waals surface area (Å²) in [6.45, 7) is 4.57. The number of rotatable bonds is 4. The number of halogens is 1. The number of methoxy groups -OCH3 is 1. The second-order valence-corrected chi connectivity index (χ2v) is 7.14. The standard InChI is InChI=1S/C18H25ClN4O3/c1-26-16-11-15(20)14(19)10-13(16)18(25)23-8-6-22(7-9-23)17(24)12-21-4-2-3-5-21/h10-11H,2-9,12,20H2,1H3. The minimum atomic E-state index is -0.157. The van der Waals surface area contributed by atoms with Crippen molar-refractivity contribution in [2.75, 3.05) is 58.7 Å². The van der Waals surface area contributed by atoms with E-state index >= 15 is 0 Å². The molecule has 2 fully saturated rings. The predicted molar refractivity (Wildman–Crippen MR) is 101 cm³/mol. The summed E-state index contributed by atoms with van der Waals surface area (Å²) in [7, 11) is 1.49. The van der Waals surface area contributed by atoms with Gasteiger partial charge in [-0.05, 0) is 32.0 Å². The average Bonchev–Trinajstić information content (AvgIpc) is 3.16. The second kappa shape index (κ2) is 8.14. The highest BCUT2D eigenvalue weighted by atomic mass is 35.5. The van der Waals surface area contributed by atoms with Crippen molar-refractivity contribution in [2.45, 2.75) is 12.8 Å². The first kappa shape index (κ1) is 18.8. The van der Waals surface area contributed by atoms with Gasteiger partial charge in [0.25, 0.3) is 5.91 Å².